The monoisotopic (exact) mass is 485 g/mol. The van der Waals surface area contributed by atoms with E-state index in [0.29, 0.717) is 12.5 Å². The Morgan fingerprint density at radius 2 is 1.96 bits per heavy atom. The van der Waals surface area contributed by atoms with E-state index in [1.54, 1.807) is 0 Å². The maximum absolute atomic E-state index is 5.34. The molecule has 0 aliphatic heterocycles. The Kier molecular flexibility index (Phi) is 11.0. The molecule has 0 fully saturated rings. The lowest BCUT2D eigenvalue weighted by molar-refractivity contribution is 0.331. The minimum Gasteiger partial charge on any atom is -0.359 e. The Labute approximate surface area is 179 Å². The average Bonchev–Trinajstić information content (AvgIpc) is 3.10. The van der Waals surface area contributed by atoms with Gasteiger partial charge in [-0.2, -0.15) is 0 Å². The van der Waals surface area contributed by atoms with Gasteiger partial charge in [0.25, 0.3) is 0 Å². The number of aromatic nitrogens is 1. The Hall–Kier alpha value is -1.61. The van der Waals surface area contributed by atoms with Gasteiger partial charge >= 0.3 is 0 Å². The molecule has 6 nitrogen and oxygen atoms in total. The minimum absolute atomic E-state index is 0. The van der Waals surface area contributed by atoms with Crippen LogP contribution in [0.1, 0.15) is 43.7 Å². The van der Waals surface area contributed by atoms with Crippen LogP contribution in [-0.2, 0) is 13.1 Å². The number of halogens is 1. The van der Waals surface area contributed by atoms with Crippen LogP contribution in [-0.4, -0.2) is 42.7 Å². The third kappa shape index (κ3) is 8.75. The van der Waals surface area contributed by atoms with E-state index >= 15 is 0 Å². The van der Waals surface area contributed by atoms with E-state index in [1.807, 2.05) is 12.1 Å². The number of guanidine groups is 1. The summed E-state index contributed by atoms with van der Waals surface area (Å²) in [5, 5.41) is 10.7. The van der Waals surface area contributed by atoms with Crippen molar-refractivity contribution in [1.82, 2.24) is 20.7 Å². The average molecular weight is 485 g/mol. The summed E-state index contributed by atoms with van der Waals surface area (Å²) in [4.78, 5) is 6.87. The van der Waals surface area contributed by atoms with Crippen LogP contribution >= 0.6 is 24.0 Å². The Morgan fingerprint density at radius 3 is 2.59 bits per heavy atom. The first kappa shape index (κ1) is 23.4. The second-order valence-corrected chi connectivity index (χ2v) is 6.72. The molecule has 0 saturated carbocycles. The second kappa shape index (κ2) is 12.7. The second-order valence-electron chi connectivity index (χ2n) is 6.72. The van der Waals surface area contributed by atoms with Gasteiger partial charge in [-0.25, -0.2) is 4.99 Å². The molecule has 0 bridgehead atoms. The fourth-order valence-corrected chi connectivity index (χ4v) is 2.51. The fourth-order valence-electron chi connectivity index (χ4n) is 2.51. The van der Waals surface area contributed by atoms with Gasteiger partial charge in [0.15, 0.2) is 11.7 Å². The van der Waals surface area contributed by atoms with Crippen LogP contribution in [0.3, 0.4) is 0 Å². The molecule has 1 aromatic carbocycles. The van der Waals surface area contributed by atoms with E-state index < -0.39 is 0 Å². The molecule has 27 heavy (non-hydrogen) atoms. The van der Waals surface area contributed by atoms with Crippen LogP contribution in [0.15, 0.2) is 45.9 Å². The standard InChI is InChI=1S/C20H31N5O.HI/c1-5-21-20(23-14-18-13-19(16(2)3)24-26-18)22-11-12-25(4)15-17-9-7-6-8-10-17;/h6-10,13,16H,5,11-12,14-15H2,1-4H3,(H2,21,22,23);1H. The van der Waals surface area contributed by atoms with Gasteiger partial charge in [0.05, 0.1) is 5.69 Å². The predicted molar refractivity (Wildman–Crippen MR) is 122 cm³/mol. The van der Waals surface area contributed by atoms with Gasteiger partial charge in [-0.3, -0.25) is 0 Å². The summed E-state index contributed by atoms with van der Waals surface area (Å²) in [6, 6.07) is 12.5. The van der Waals surface area contributed by atoms with E-state index in [2.05, 4.69) is 77.8 Å². The highest BCUT2D eigenvalue weighted by atomic mass is 127. The van der Waals surface area contributed by atoms with E-state index in [4.69, 9.17) is 4.52 Å². The molecule has 0 aliphatic rings. The summed E-state index contributed by atoms with van der Waals surface area (Å²) in [5.41, 5.74) is 2.29. The van der Waals surface area contributed by atoms with Crippen LogP contribution in [0.25, 0.3) is 0 Å². The van der Waals surface area contributed by atoms with Crippen molar-refractivity contribution >= 4 is 29.9 Å². The Morgan fingerprint density at radius 1 is 1.22 bits per heavy atom. The van der Waals surface area contributed by atoms with Gasteiger partial charge in [-0.05, 0) is 25.5 Å². The van der Waals surface area contributed by atoms with Gasteiger partial charge in [0.2, 0.25) is 0 Å². The van der Waals surface area contributed by atoms with Crippen molar-refractivity contribution in [2.45, 2.75) is 39.8 Å². The fraction of sp³-hybridized carbons (Fsp3) is 0.500. The van der Waals surface area contributed by atoms with Crippen molar-refractivity contribution in [1.29, 1.82) is 0 Å². The van der Waals surface area contributed by atoms with Crippen LogP contribution in [0, 0.1) is 0 Å². The largest absolute Gasteiger partial charge is 0.359 e. The first-order valence-corrected chi connectivity index (χ1v) is 9.28. The molecule has 0 spiro atoms. The molecule has 2 N–H and O–H groups in total. The number of aliphatic imine (C=N–C) groups is 1. The number of nitrogens with zero attached hydrogens (tertiary/aromatic N) is 3. The van der Waals surface area contributed by atoms with Crippen LogP contribution in [0.2, 0.25) is 0 Å². The van der Waals surface area contributed by atoms with Crippen molar-refractivity contribution in [3.05, 3.63) is 53.4 Å². The maximum Gasteiger partial charge on any atom is 0.191 e. The zero-order valence-electron chi connectivity index (χ0n) is 16.7. The summed E-state index contributed by atoms with van der Waals surface area (Å²) >= 11 is 0. The zero-order valence-corrected chi connectivity index (χ0v) is 19.1. The van der Waals surface area contributed by atoms with E-state index in [0.717, 1.165) is 43.6 Å². The topological polar surface area (TPSA) is 65.7 Å². The molecule has 0 saturated heterocycles. The summed E-state index contributed by atoms with van der Waals surface area (Å²) in [5.74, 6) is 1.94. The number of rotatable bonds is 9. The molecule has 2 aromatic rings. The summed E-state index contributed by atoms with van der Waals surface area (Å²) in [6.45, 7) is 10.2. The van der Waals surface area contributed by atoms with Crippen molar-refractivity contribution in [3.8, 4) is 0 Å². The molecule has 150 valence electrons. The highest BCUT2D eigenvalue weighted by Crippen LogP contribution is 2.14. The zero-order chi connectivity index (χ0) is 18.8. The van der Waals surface area contributed by atoms with Crippen molar-refractivity contribution < 1.29 is 4.52 Å². The van der Waals surface area contributed by atoms with Crippen molar-refractivity contribution in [2.75, 3.05) is 26.7 Å². The molecular weight excluding hydrogens is 453 g/mol. The summed E-state index contributed by atoms with van der Waals surface area (Å²) < 4.78 is 5.34. The number of hydrogen-bond acceptors (Lipinski definition) is 4. The lowest BCUT2D eigenvalue weighted by Gasteiger charge is -2.18. The normalized spacial score (nSPS) is 11.6. The molecule has 1 aromatic heterocycles. The number of hydrogen-bond donors (Lipinski definition) is 2. The Bertz CT molecular complexity index is 672. The maximum atomic E-state index is 5.34. The molecule has 0 atom stereocenters. The van der Waals surface area contributed by atoms with Crippen molar-refractivity contribution in [3.63, 3.8) is 0 Å². The molecular formula is C20H32IN5O. The molecule has 0 amide bonds. The van der Waals surface area contributed by atoms with Gasteiger partial charge in [-0.1, -0.05) is 49.3 Å². The van der Waals surface area contributed by atoms with E-state index in [-0.39, 0.29) is 24.0 Å². The molecule has 0 aliphatic carbocycles. The number of benzene rings is 1. The molecule has 0 radical (unpaired) electrons. The Balaban J connectivity index is 0.00000364. The van der Waals surface area contributed by atoms with E-state index in [9.17, 15) is 0 Å². The number of likely N-dealkylation sites (N-methyl/N-ethyl adjacent to an activating group) is 1. The highest BCUT2D eigenvalue weighted by molar-refractivity contribution is 14.0. The molecule has 7 heteroatoms. The lowest BCUT2D eigenvalue weighted by Crippen LogP contribution is -2.40. The summed E-state index contributed by atoms with van der Waals surface area (Å²) in [6.07, 6.45) is 0. The summed E-state index contributed by atoms with van der Waals surface area (Å²) in [7, 11) is 2.13. The number of nitrogens with one attached hydrogen (secondary N) is 2. The first-order valence-electron chi connectivity index (χ1n) is 9.28. The van der Waals surface area contributed by atoms with Crippen molar-refractivity contribution in [2.24, 2.45) is 4.99 Å². The van der Waals surface area contributed by atoms with Gasteiger partial charge < -0.3 is 20.1 Å². The van der Waals surface area contributed by atoms with Crippen LogP contribution in [0.4, 0.5) is 0 Å². The van der Waals surface area contributed by atoms with Gasteiger partial charge in [0, 0.05) is 32.2 Å². The van der Waals surface area contributed by atoms with Crippen LogP contribution < -0.4 is 10.6 Å². The smallest absolute Gasteiger partial charge is 0.191 e. The lowest BCUT2D eigenvalue weighted by atomic mass is 10.1. The van der Waals surface area contributed by atoms with Gasteiger partial charge in [0.1, 0.15) is 6.54 Å². The third-order valence-corrected chi connectivity index (χ3v) is 3.99. The minimum atomic E-state index is 0. The quantitative estimate of drug-likeness (QED) is 0.323. The van der Waals surface area contributed by atoms with Crippen LogP contribution in [0.5, 0.6) is 0 Å². The highest BCUT2D eigenvalue weighted by Gasteiger charge is 2.07. The first-order chi connectivity index (χ1) is 12.6. The predicted octanol–water partition coefficient (Wildman–Crippen LogP) is 3.60. The van der Waals surface area contributed by atoms with E-state index in [1.165, 1.54) is 5.56 Å². The van der Waals surface area contributed by atoms with Gasteiger partial charge in [-0.15, -0.1) is 24.0 Å². The third-order valence-electron chi connectivity index (χ3n) is 3.99. The molecule has 2 rings (SSSR count). The molecule has 1 heterocycles. The molecule has 0 unspecified atom stereocenters. The SMILES string of the molecule is CCNC(=NCc1cc(C(C)C)no1)NCCN(C)Cc1ccccc1.I.